The van der Waals surface area contributed by atoms with Gasteiger partial charge >= 0.3 is 5.97 Å². The maximum absolute atomic E-state index is 14.2. The third-order valence-electron chi connectivity index (χ3n) is 14.8. The molecule has 4 heteroatoms. The van der Waals surface area contributed by atoms with Gasteiger partial charge in [-0.15, -0.1) is 0 Å². The largest absolute Gasteiger partial charge is 0.460 e. The number of esters is 1. The van der Waals surface area contributed by atoms with Crippen LogP contribution in [0.5, 0.6) is 0 Å². The van der Waals surface area contributed by atoms with Gasteiger partial charge in [0.25, 0.3) is 0 Å². The van der Waals surface area contributed by atoms with Crippen molar-refractivity contribution in [3.63, 3.8) is 0 Å². The lowest BCUT2D eigenvalue weighted by Crippen LogP contribution is -2.67. The minimum absolute atomic E-state index is 0.0279. The number of hydrogen-bond donors (Lipinski definition) is 2. The molecule has 5 aliphatic rings. The van der Waals surface area contributed by atoms with E-state index in [0.717, 1.165) is 63.4 Å². The molecule has 0 aliphatic heterocycles. The second kappa shape index (κ2) is 9.94. The lowest BCUT2D eigenvalue weighted by molar-refractivity contribution is -0.254. The molecular weight excluding hydrogens is 508 g/mol. The Bertz CT molecular complexity index is 1180. The lowest BCUT2D eigenvalue weighted by atomic mass is 9.32. The van der Waals surface area contributed by atoms with Gasteiger partial charge in [0.1, 0.15) is 6.61 Å². The maximum Gasteiger partial charge on any atom is 0.312 e. The van der Waals surface area contributed by atoms with Crippen LogP contribution in [0.15, 0.2) is 42.5 Å². The van der Waals surface area contributed by atoms with E-state index in [-0.39, 0.29) is 28.8 Å². The quantitative estimate of drug-likeness (QED) is 0.285. The SMILES string of the molecule is C=C(C)[C@@H]1CC[C@]2(C(=O)OCc3ccccc3)CC[C@]3(C)C(CC[C@@H]4[C@@]5(C)CC[C@H](O)[C@@](C)(CO)[C@@H]5CC[C@]43C)C12. The molecule has 0 spiro atoms. The van der Waals surface area contributed by atoms with Gasteiger partial charge in [-0.25, -0.2) is 0 Å². The molecular formula is C37H54O4. The van der Waals surface area contributed by atoms with Crippen LogP contribution in [-0.4, -0.2) is 28.9 Å². The first kappa shape index (κ1) is 29.4. The normalized spacial score (nSPS) is 48.8. The first-order chi connectivity index (χ1) is 19.4. The molecule has 0 amide bonds. The van der Waals surface area contributed by atoms with Crippen molar-refractivity contribution in [3.8, 4) is 0 Å². The van der Waals surface area contributed by atoms with Crippen LogP contribution in [0.4, 0.5) is 0 Å². The van der Waals surface area contributed by atoms with Crippen molar-refractivity contribution in [2.45, 2.75) is 112 Å². The van der Waals surface area contributed by atoms with E-state index in [2.05, 4.69) is 41.2 Å². The summed E-state index contributed by atoms with van der Waals surface area (Å²) in [5.74, 6) is 2.08. The summed E-state index contributed by atoms with van der Waals surface area (Å²) in [5.41, 5.74) is 1.88. The number of aliphatic hydroxyl groups is 2. The van der Waals surface area contributed by atoms with Gasteiger partial charge in [0.2, 0.25) is 0 Å². The van der Waals surface area contributed by atoms with Gasteiger partial charge in [-0.3, -0.25) is 4.79 Å². The molecule has 5 fully saturated rings. The molecule has 226 valence electrons. The summed E-state index contributed by atoms with van der Waals surface area (Å²) in [6.45, 7) is 16.9. The molecule has 11 atom stereocenters. The van der Waals surface area contributed by atoms with Crippen molar-refractivity contribution in [1.82, 2.24) is 0 Å². The van der Waals surface area contributed by atoms with Crippen molar-refractivity contribution in [2.24, 2.45) is 56.7 Å². The number of allylic oxidation sites excluding steroid dienone is 1. The number of rotatable bonds is 5. The summed E-state index contributed by atoms with van der Waals surface area (Å²) in [5, 5.41) is 21.6. The summed E-state index contributed by atoms with van der Waals surface area (Å²) in [7, 11) is 0. The van der Waals surface area contributed by atoms with E-state index < -0.39 is 16.9 Å². The van der Waals surface area contributed by atoms with Gasteiger partial charge in [0.15, 0.2) is 0 Å². The third-order valence-corrected chi connectivity index (χ3v) is 14.8. The standard InChI is InChI=1S/C37H54O4/c1-24(2)26-14-19-37(32(40)41-22-25-10-8-7-9-11-25)21-20-35(5)27(31(26)37)12-13-29-33(3)17-16-30(39)34(4,23-38)28(33)15-18-36(29,35)6/h7-11,26-31,38-39H,1,12-23H2,2-6H3/t26-,27?,28+,29+,30-,31?,33-,34-,35+,36+,37-/m0/s1. The van der Waals surface area contributed by atoms with E-state index in [4.69, 9.17) is 4.74 Å². The second-order valence-corrected chi connectivity index (χ2v) is 16.1. The van der Waals surface area contributed by atoms with Crippen molar-refractivity contribution in [2.75, 3.05) is 6.61 Å². The number of fused-ring (bicyclic) bond motifs is 7. The lowest BCUT2D eigenvalue weighted by Gasteiger charge is -2.72. The molecule has 1 aromatic carbocycles. The number of carbonyl (C=O) groups excluding carboxylic acids is 1. The zero-order valence-corrected chi connectivity index (χ0v) is 26.3. The first-order valence-electron chi connectivity index (χ1n) is 16.5. The molecule has 0 radical (unpaired) electrons. The maximum atomic E-state index is 14.2. The van der Waals surface area contributed by atoms with Crippen LogP contribution >= 0.6 is 0 Å². The Labute approximate surface area is 248 Å². The average molecular weight is 563 g/mol. The number of benzene rings is 1. The average Bonchev–Trinajstić information content (AvgIpc) is 3.36. The van der Waals surface area contributed by atoms with Gasteiger partial charge in [-0.05, 0) is 123 Å². The second-order valence-electron chi connectivity index (χ2n) is 16.1. The number of aliphatic hydroxyl groups excluding tert-OH is 2. The molecule has 1 aromatic rings. The summed E-state index contributed by atoms with van der Waals surface area (Å²) >= 11 is 0. The molecule has 41 heavy (non-hydrogen) atoms. The topological polar surface area (TPSA) is 66.8 Å². The van der Waals surface area contributed by atoms with E-state index in [1.165, 1.54) is 12.0 Å². The Kier molecular flexibility index (Phi) is 7.14. The van der Waals surface area contributed by atoms with Crippen LogP contribution in [0, 0.1) is 56.7 Å². The fourth-order valence-electron chi connectivity index (χ4n) is 12.4. The van der Waals surface area contributed by atoms with Gasteiger partial charge in [-0.1, -0.05) is 70.2 Å². The highest BCUT2D eigenvalue weighted by molar-refractivity contribution is 5.78. The highest BCUT2D eigenvalue weighted by atomic mass is 16.5. The number of ether oxygens (including phenoxy) is 1. The Balaban J connectivity index is 1.34. The van der Waals surface area contributed by atoms with Crippen LogP contribution < -0.4 is 0 Å². The first-order valence-corrected chi connectivity index (χ1v) is 16.5. The van der Waals surface area contributed by atoms with Gasteiger partial charge in [0, 0.05) is 5.41 Å². The smallest absolute Gasteiger partial charge is 0.312 e. The summed E-state index contributed by atoms with van der Waals surface area (Å²) in [6.07, 6.45) is 9.90. The molecule has 0 saturated heterocycles. The number of hydrogen-bond acceptors (Lipinski definition) is 4. The van der Waals surface area contributed by atoms with Crippen molar-refractivity contribution in [1.29, 1.82) is 0 Å². The highest BCUT2D eigenvalue weighted by Gasteiger charge is 2.72. The third kappa shape index (κ3) is 3.94. The molecule has 0 heterocycles. The van der Waals surface area contributed by atoms with Crippen LogP contribution in [0.2, 0.25) is 0 Å². The van der Waals surface area contributed by atoms with E-state index in [1.54, 1.807) is 0 Å². The summed E-state index contributed by atoms with van der Waals surface area (Å²) in [4.78, 5) is 14.2. The van der Waals surface area contributed by atoms with Crippen molar-refractivity contribution >= 4 is 5.97 Å². The fraction of sp³-hybridized carbons (Fsp3) is 0.757. The van der Waals surface area contributed by atoms with E-state index in [1.807, 2.05) is 30.3 Å². The molecule has 6 rings (SSSR count). The molecule has 2 unspecified atom stereocenters. The molecule has 4 nitrogen and oxygen atoms in total. The van der Waals surface area contributed by atoms with E-state index >= 15 is 0 Å². The Hall–Kier alpha value is -1.65. The van der Waals surface area contributed by atoms with Crippen molar-refractivity contribution < 1.29 is 19.7 Å². The van der Waals surface area contributed by atoms with Gasteiger partial charge < -0.3 is 14.9 Å². The van der Waals surface area contributed by atoms with Crippen molar-refractivity contribution in [3.05, 3.63) is 48.0 Å². The predicted molar refractivity (Wildman–Crippen MR) is 163 cm³/mol. The zero-order valence-electron chi connectivity index (χ0n) is 26.3. The van der Waals surface area contributed by atoms with Crippen LogP contribution in [-0.2, 0) is 16.1 Å². The molecule has 5 aliphatic carbocycles. The molecule has 0 bridgehead atoms. The van der Waals surface area contributed by atoms with Gasteiger partial charge in [-0.2, -0.15) is 0 Å². The Morgan fingerprint density at radius 1 is 0.902 bits per heavy atom. The summed E-state index contributed by atoms with van der Waals surface area (Å²) < 4.78 is 6.16. The van der Waals surface area contributed by atoms with Gasteiger partial charge in [0.05, 0.1) is 18.1 Å². The van der Waals surface area contributed by atoms with E-state index in [0.29, 0.717) is 36.2 Å². The minimum Gasteiger partial charge on any atom is -0.460 e. The zero-order chi connectivity index (χ0) is 29.4. The molecule has 2 N–H and O–H groups in total. The molecule has 5 saturated carbocycles. The Morgan fingerprint density at radius 3 is 2.32 bits per heavy atom. The monoisotopic (exact) mass is 562 g/mol. The van der Waals surface area contributed by atoms with Crippen LogP contribution in [0.3, 0.4) is 0 Å². The Morgan fingerprint density at radius 2 is 1.63 bits per heavy atom. The predicted octanol–water partition coefficient (Wildman–Crippen LogP) is 7.72. The highest BCUT2D eigenvalue weighted by Crippen LogP contribution is 2.77. The summed E-state index contributed by atoms with van der Waals surface area (Å²) in [6, 6.07) is 10.1. The fourth-order valence-corrected chi connectivity index (χ4v) is 12.4. The van der Waals surface area contributed by atoms with Crippen LogP contribution in [0.1, 0.15) is 104 Å². The minimum atomic E-state index is -0.424. The van der Waals surface area contributed by atoms with E-state index in [9.17, 15) is 15.0 Å². The molecule has 0 aromatic heterocycles. The number of carbonyl (C=O) groups is 1. The van der Waals surface area contributed by atoms with Crippen LogP contribution in [0.25, 0.3) is 0 Å².